The first-order valence-corrected chi connectivity index (χ1v) is 28.0. The van der Waals surface area contributed by atoms with Gasteiger partial charge in [-0.15, -0.1) is 0 Å². The van der Waals surface area contributed by atoms with Crippen LogP contribution in [-0.4, -0.2) is 0 Å². The lowest BCUT2D eigenvalue weighted by atomic mass is 9.51. The average Bonchev–Trinajstić information content (AvgIpc) is 3.31. The van der Waals surface area contributed by atoms with Gasteiger partial charge in [-0.2, -0.15) is 0 Å². The van der Waals surface area contributed by atoms with Crippen molar-refractivity contribution in [1.29, 1.82) is 0 Å². The molecule has 8 rings (SSSR count). The predicted molar refractivity (Wildman–Crippen MR) is 267 cm³/mol. The standard InChI is InChI=1S/4C15H28/c4*1-11-6-5-7-12(2)13-10-15(3,4)14(13)9-8-11/h4*11-14H,5-10H2,1-4H3/t11-,12+,13+,14+;11-,12+,13-,14-;11-,12-,13+,14+;11-,12-,13-,14-/m0101/s1. The van der Waals surface area contributed by atoms with Gasteiger partial charge in [0.1, 0.15) is 0 Å². The van der Waals surface area contributed by atoms with Gasteiger partial charge in [-0.25, -0.2) is 0 Å². The van der Waals surface area contributed by atoms with Crippen LogP contribution in [0.15, 0.2) is 0 Å². The molecule has 0 unspecified atom stereocenters. The normalized spacial score (nSPS) is 45.6. The number of hydrogen-bond acceptors (Lipinski definition) is 0. The predicted octanol–water partition coefficient (Wildman–Crippen LogP) is 19.5. The molecule has 0 heteroatoms. The first kappa shape index (κ1) is 51.0. The van der Waals surface area contributed by atoms with Gasteiger partial charge in [0.25, 0.3) is 0 Å². The van der Waals surface area contributed by atoms with Crippen LogP contribution in [0.25, 0.3) is 0 Å². The van der Waals surface area contributed by atoms with Crippen LogP contribution in [0.4, 0.5) is 0 Å². The molecule has 8 saturated carbocycles. The fraction of sp³-hybridized carbons (Fsp3) is 1.00. The van der Waals surface area contributed by atoms with Crippen LogP contribution in [0.1, 0.15) is 265 Å². The van der Waals surface area contributed by atoms with Gasteiger partial charge in [0.2, 0.25) is 0 Å². The second-order valence-electron chi connectivity index (χ2n) is 28.2. The molecule has 0 aromatic rings. The Balaban J connectivity index is 0.000000152. The van der Waals surface area contributed by atoms with Crippen molar-refractivity contribution in [3.63, 3.8) is 0 Å². The Bertz CT molecular complexity index is 1060. The van der Waals surface area contributed by atoms with Crippen LogP contribution in [0.3, 0.4) is 0 Å². The van der Waals surface area contributed by atoms with E-state index in [1.807, 2.05) is 0 Å². The van der Waals surface area contributed by atoms with Crippen molar-refractivity contribution in [2.24, 2.45) is 116 Å². The lowest BCUT2D eigenvalue weighted by Gasteiger charge is -2.54. The zero-order valence-electron chi connectivity index (χ0n) is 44.2. The Morgan fingerprint density at radius 1 is 0.233 bits per heavy atom. The summed E-state index contributed by atoms with van der Waals surface area (Å²) in [4.78, 5) is 0. The summed E-state index contributed by atoms with van der Waals surface area (Å²) >= 11 is 0. The molecule has 0 heterocycles. The summed E-state index contributed by atoms with van der Waals surface area (Å²) in [6.07, 6.45) is 35.7. The summed E-state index contributed by atoms with van der Waals surface area (Å²) in [6.45, 7) is 39.7. The van der Waals surface area contributed by atoms with Gasteiger partial charge in [0.15, 0.2) is 0 Å². The quantitative estimate of drug-likeness (QED) is 0.228. The van der Waals surface area contributed by atoms with Gasteiger partial charge in [-0.3, -0.25) is 0 Å². The summed E-state index contributed by atoms with van der Waals surface area (Å²) in [7, 11) is 0. The minimum Gasteiger partial charge on any atom is -0.0625 e. The highest BCUT2D eigenvalue weighted by atomic mass is 14.6. The van der Waals surface area contributed by atoms with Crippen LogP contribution >= 0.6 is 0 Å². The molecule has 60 heavy (non-hydrogen) atoms. The highest BCUT2D eigenvalue weighted by Gasteiger charge is 2.51. The van der Waals surface area contributed by atoms with Crippen LogP contribution in [-0.2, 0) is 0 Å². The first-order chi connectivity index (χ1) is 28.0. The van der Waals surface area contributed by atoms with E-state index in [0.717, 1.165) is 94.7 Å². The molecule has 16 atom stereocenters. The molecular weight excluding hydrogens is 721 g/mol. The molecular formula is C60H112. The number of rotatable bonds is 0. The minimum atomic E-state index is 0.656. The Hall–Kier alpha value is 0. The van der Waals surface area contributed by atoms with Crippen LogP contribution < -0.4 is 0 Å². The second kappa shape index (κ2) is 21.5. The Morgan fingerprint density at radius 2 is 0.417 bits per heavy atom. The van der Waals surface area contributed by atoms with E-state index in [9.17, 15) is 0 Å². The zero-order chi connectivity index (χ0) is 44.2. The number of fused-ring (bicyclic) bond motifs is 4. The van der Waals surface area contributed by atoms with Crippen LogP contribution in [0, 0.1) is 116 Å². The lowest BCUT2D eigenvalue weighted by Crippen LogP contribution is -2.46. The SMILES string of the molecule is C[C@@H]1CCC[C@@H](C)[C@H]2CC(C)(C)[C@@H]2CC1.C[C@@H]1CCC[C@H](C)[C@H]2CC(C)(C)[C@@H]2CC1.C[C@H]1CCC[C@@H](C)[C@H]2CC(C)(C)[C@@H]2CC1.C[C@H]1CCC[C@H](C)[C@H]2CC(C)(C)[C@@H]2CC1. The fourth-order valence-electron chi connectivity index (χ4n) is 16.5. The number of hydrogen-bond donors (Lipinski definition) is 0. The van der Waals surface area contributed by atoms with Crippen molar-refractivity contribution in [2.45, 2.75) is 265 Å². The van der Waals surface area contributed by atoms with Crippen molar-refractivity contribution < 1.29 is 0 Å². The molecule has 0 N–H and O–H groups in total. The van der Waals surface area contributed by atoms with Crippen LogP contribution in [0.2, 0.25) is 0 Å². The molecule has 0 amide bonds. The van der Waals surface area contributed by atoms with Gasteiger partial charge < -0.3 is 0 Å². The molecule has 8 aliphatic carbocycles. The summed E-state index contributed by atoms with van der Waals surface area (Å²) in [5.74, 6) is 16.3. The Kier molecular flexibility index (Phi) is 18.3. The van der Waals surface area contributed by atoms with E-state index < -0.39 is 0 Å². The van der Waals surface area contributed by atoms with Crippen LogP contribution in [0.5, 0.6) is 0 Å². The third kappa shape index (κ3) is 13.1. The fourth-order valence-corrected chi connectivity index (χ4v) is 16.5. The Morgan fingerprint density at radius 3 is 0.583 bits per heavy atom. The topological polar surface area (TPSA) is 0 Å². The van der Waals surface area contributed by atoms with E-state index in [-0.39, 0.29) is 0 Å². The summed E-state index contributed by atoms with van der Waals surface area (Å²) in [5, 5.41) is 0. The van der Waals surface area contributed by atoms with E-state index in [1.165, 1.54) is 154 Å². The molecule has 352 valence electrons. The highest BCUT2D eigenvalue weighted by molar-refractivity contribution is 5.01. The molecule has 0 saturated heterocycles. The molecule has 0 bridgehead atoms. The summed E-state index contributed by atoms with van der Waals surface area (Å²) in [6, 6.07) is 0. The van der Waals surface area contributed by atoms with E-state index in [0.29, 0.717) is 21.7 Å². The van der Waals surface area contributed by atoms with Gasteiger partial charge in [0.05, 0.1) is 0 Å². The lowest BCUT2D eigenvalue weighted by molar-refractivity contribution is -0.0498. The van der Waals surface area contributed by atoms with E-state index in [2.05, 4.69) is 111 Å². The van der Waals surface area contributed by atoms with Gasteiger partial charge in [0, 0.05) is 0 Å². The van der Waals surface area contributed by atoms with E-state index >= 15 is 0 Å². The van der Waals surface area contributed by atoms with Crippen molar-refractivity contribution in [1.82, 2.24) is 0 Å². The molecule has 0 aromatic carbocycles. The summed E-state index contributed by atoms with van der Waals surface area (Å²) < 4.78 is 0. The van der Waals surface area contributed by atoms with E-state index in [4.69, 9.17) is 0 Å². The second-order valence-corrected chi connectivity index (χ2v) is 28.2. The Labute approximate surface area is 379 Å². The molecule has 0 spiro atoms. The third-order valence-corrected chi connectivity index (χ3v) is 21.4. The maximum atomic E-state index is 2.50. The monoisotopic (exact) mass is 833 g/mol. The largest absolute Gasteiger partial charge is 0.0625 e. The van der Waals surface area contributed by atoms with Gasteiger partial charge in [-0.05, 0) is 168 Å². The van der Waals surface area contributed by atoms with Gasteiger partial charge in [-0.1, -0.05) is 214 Å². The summed E-state index contributed by atoms with van der Waals surface area (Å²) in [5.41, 5.74) is 2.62. The third-order valence-electron chi connectivity index (χ3n) is 21.4. The molecule has 0 aliphatic heterocycles. The van der Waals surface area contributed by atoms with E-state index in [1.54, 1.807) is 0 Å². The van der Waals surface area contributed by atoms with Crippen molar-refractivity contribution >= 4 is 0 Å². The smallest absolute Gasteiger partial charge is 0.0320 e. The molecule has 8 fully saturated rings. The van der Waals surface area contributed by atoms with Crippen molar-refractivity contribution in [3.05, 3.63) is 0 Å². The molecule has 0 radical (unpaired) electrons. The highest BCUT2D eigenvalue weighted by Crippen LogP contribution is 2.60. The average molecular weight is 834 g/mol. The molecule has 8 aliphatic rings. The minimum absolute atomic E-state index is 0.656. The molecule has 0 nitrogen and oxygen atoms in total. The van der Waals surface area contributed by atoms with Gasteiger partial charge >= 0.3 is 0 Å². The first-order valence-electron chi connectivity index (χ1n) is 28.0. The van der Waals surface area contributed by atoms with Crippen molar-refractivity contribution in [3.8, 4) is 0 Å². The zero-order valence-corrected chi connectivity index (χ0v) is 44.2. The maximum absolute atomic E-state index is 2.50. The maximum Gasteiger partial charge on any atom is -0.0320 e. The van der Waals surface area contributed by atoms with Crippen molar-refractivity contribution in [2.75, 3.05) is 0 Å². The molecule has 0 aromatic heterocycles.